The molecule has 1 N–H and O–H groups in total. The van der Waals surface area contributed by atoms with Crippen molar-refractivity contribution in [1.29, 1.82) is 0 Å². The second-order valence-electron chi connectivity index (χ2n) is 8.54. The van der Waals surface area contributed by atoms with Gasteiger partial charge in [0.2, 0.25) is 0 Å². The van der Waals surface area contributed by atoms with E-state index < -0.39 is 14.0 Å². The Hall–Kier alpha value is -1.09. The summed E-state index contributed by atoms with van der Waals surface area (Å²) in [5.41, 5.74) is 0. The number of hydrogen-bond donors (Lipinski definition) is 1. The van der Waals surface area contributed by atoms with Gasteiger partial charge in [-0.25, -0.2) is 0 Å². The van der Waals surface area contributed by atoms with Crippen LogP contribution >= 0.6 is 0 Å². The minimum atomic E-state index is -1.31. The monoisotopic (exact) mass is 358 g/mol. The number of hydrogen-bond acceptors (Lipinski definition) is 1. The van der Waals surface area contributed by atoms with Crippen molar-refractivity contribution in [2.75, 3.05) is 0 Å². The Balaban J connectivity index is 1.61. The van der Waals surface area contributed by atoms with Gasteiger partial charge >= 0.3 is 5.97 Å². The Morgan fingerprint density at radius 3 is 2.16 bits per heavy atom. The lowest BCUT2D eigenvalue weighted by atomic mass is 9.74. The van der Waals surface area contributed by atoms with Crippen molar-refractivity contribution in [1.82, 2.24) is 0 Å². The fraction of sp³-hybridized carbons (Fsp3) is 0.682. The fourth-order valence-electron chi connectivity index (χ4n) is 5.49. The third-order valence-corrected chi connectivity index (χ3v) is 12.5. The van der Waals surface area contributed by atoms with E-state index in [0.29, 0.717) is 0 Å². The van der Waals surface area contributed by atoms with Crippen molar-refractivity contribution in [2.24, 2.45) is 17.8 Å². The maximum Gasteiger partial charge on any atom is 0.306 e. The third kappa shape index (κ3) is 4.36. The van der Waals surface area contributed by atoms with Crippen LogP contribution in [0.5, 0.6) is 0 Å². The molecule has 1 aliphatic heterocycles. The lowest BCUT2D eigenvalue weighted by Crippen LogP contribution is -2.50. The van der Waals surface area contributed by atoms with Crippen molar-refractivity contribution in [3.05, 3.63) is 30.3 Å². The van der Waals surface area contributed by atoms with Crippen LogP contribution in [0.4, 0.5) is 0 Å². The van der Waals surface area contributed by atoms with Gasteiger partial charge in [0.15, 0.2) is 0 Å². The van der Waals surface area contributed by atoms with Gasteiger partial charge in [0.25, 0.3) is 0 Å². The molecule has 2 fully saturated rings. The number of rotatable bonds is 6. The molecule has 1 aliphatic carbocycles. The number of carbonyl (C=O) groups is 1. The molecule has 138 valence electrons. The average molecular weight is 359 g/mol. The lowest BCUT2D eigenvalue weighted by molar-refractivity contribution is -0.143. The lowest BCUT2D eigenvalue weighted by Gasteiger charge is -2.43. The van der Waals surface area contributed by atoms with Gasteiger partial charge in [0.1, 0.15) is 0 Å². The molecule has 0 atom stereocenters. The van der Waals surface area contributed by atoms with Crippen LogP contribution in [0.25, 0.3) is 0 Å². The third-order valence-electron chi connectivity index (χ3n) is 7.17. The van der Waals surface area contributed by atoms with Crippen molar-refractivity contribution in [3.8, 4) is 0 Å². The molecule has 0 spiro atoms. The second kappa shape index (κ2) is 8.53. The van der Waals surface area contributed by atoms with Crippen LogP contribution in [0.3, 0.4) is 0 Å². The summed E-state index contributed by atoms with van der Waals surface area (Å²) >= 11 is 0. The van der Waals surface area contributed by atoms with Crippen LogP contribution in [0.2, 0.25) is 18.1 Å². The SMILES string of the molecule is CCCC[Si]1(c2ccccc2)CCC(C2CCC(C(=O)O)CC2)CC1. The maximum atomic E-state index is 11.2. The van der Waals surface area contributed by atoms with E-state index in [0.717, 1.165) is 37.5 Å². The number of carboxylic acids is 1. The van der Waals surface area contributed by atoms with Gasteiger partial charge in [-0.05, 0) is 37.5 Å². The summed E-state index contributed by atoms with van der Waals surface area (Å²) in [7, 11) is -1.31. The van der Waals surface area contributed by atoms with Crippen LogP contribution in [0, 0.1) is 17.8 Å². The fourth-order valence-corrected chi connectivity index (χ4v) is 10.9. The van der Waals surface area contributed by atoms with E-state index in [1.165, 1.54) is 43.8 Å². The largest absolute Gasteiger partial charge is 0.481 e. The Labute approximate surface area is 154 Å². The molecule has 1 aromatic rings. The van der Waals surface area contributed by atoms with Crippen molar-refractivity contribution in [2.45, 2.75) is 76.4 Å². The molecule has 25 heavy (non-hydrogen) atoms. The molecule has 3 rings (SSSR count). The smallest absolute Gasteiger partial charge is 0.306 e. The van der Waals surface area contributed by atoms with Crippen LogP contribution in [-0.4, -0.2) is 19.1 Å². The van der Waals surface area contributed by atoms with Gasteiger partial charge in [-0.3, -0.25) is 4.79 Å². The second-order valence-corrected chi connectivity index (χ2v) is 13.2. The number of carboxylic acid groups (broad SMARTS) is 1. The summed E-state index contributed by atoms with van der Waals surface area (Å²) in [4.78, 5) is 11.2. The Bertz CT molecular complexity index is 540. The number of benzene rings is 1. The first-order valence-corrected chi connectivity index (χ1v) is 13.0. The molecule has 2 nitrogen and oxygen atoms in total. The van der Waals surface area contributed by atoms with Crippen LogP contribution in [0.1, 0.15) is 58.3 Å². The minimum Gasteiger partial charge on any atom is -0.481 e. The predicted octanol–water partition coefficient (Wildman–Crippen LogP) is 5.44. The van der Waals surface area contributed by atoms with Crippen molar-refractivity contribution in [3.63, 3.8) is 0 Å². The summed E-state index contributed by atoms with van der Waals surface area (Å²) in [6.07, 6.45) is 9.61. The highest BCUT2D eigenvalue weighted by atomic mass is 28.3. The van der Waals surface area contributed by atoms with Gasteiger partial charge < -0.3 is 5.11 Å². The van der Waals surface area contributed by atoms with E-state index in [1.54, 1.807) is 5.19 Å². The first-order valence-electron chi connectivity index (χ1n) is 10.4. The molecule has 0 aromatic heterocycles. The summed E-state index contributed by atoms with van der Waals surface area (Å²) in [5, 5.41) is 10.9. The molecule has 0 radical (unpaired) electrons. The predicted molar refractivity (Wildman–Crippen MR) is 107 cm³/mol. The summed E-state index contributed by atoms with van der Waals surface area (Å²) in [6.45, 7) is 2.32. The Kier molecular flexibility index (Phi) is 6.37. The van der Waals surface area contributed by atoms with Crippen LogP contribution < -0.4 is 5.19 Å². The first kappa shape index (κ1) is 18.7. The molecule has 0 bridgehead atoms. The summed E-state index contributed by atoms with van der Waals surface area (Å²) in [6, 6.07) is 15.8. The maximum absolute atomic E-state index is 11.2. The molecule has 3 heteroatoms. The van der Waals surface area contributed by atoms with E-state index in [4.69, 9.17) is 0 Å². The Morgan fingerprint density at radius 2 is 1.60 bits per heavy atom. The first-order chi connectivity index (χ1) is 12.1. The molecule has 0 amide bonds. The standard InChI is InChI=1S/C22H34O2Si/c1-2-3-15-25(21-7-5-4-6-8-21)16-13-19(14-17-25)18-9-11-20(12-10-18)22(23)24/h4-8,18-20H,2-3,9-17H2,1H3,(H,23,24). The van der Waals surface area contributed by atoms with E-state index >= 15 is 0 Å². The molecular formula is C22H34O2Si. The van der Waals surface area contributed by atoms with E-state index in [9.17, 15) is 9.90 Å². The quantitative estimate of drug-likeness (QED) is 0.687. The van der Waals surface area contributed by atoms with Gasteiger partial charge in [-0.1, -0.05) is 86.3 Å². The highest BCUT2D eigenvalue weighted by Gasteiger charge is 2.41. The summed E-state index contributed by atoms with van der Waals surface area (Å²) in [5.74, 6) is 1.02. The normalized spacial score (nSPS) is 33.1. The summed E-state index contributed by atoms with van der Waals surface area (Å²) < 4.78 is 0. The van der Waals surface area contributed by atoms with E-state index in [-0.39, 0.29) is 5.92 Å². The van der Waals surface area contributed by atoms with E-state index in [1.807, 2.05) is 0 Å². The number of unbranched alkanes of at least 4 members (excludes halogenated alkanes) is 1. The Morgan fingerprint density at radius 1 is 1.00 bits per heavy atom. The molecule has 1 heterocycles. The average Bonchev–Trinajstić information content (AvgIpc) is 2.67. The zero-order chi connectivity index (χ0) is 17.7. The molecule has 2 aliphatic rings. The van der Waals surface area contributed by atoms with Crippen molar-refractivity contribution >= 4 is 19.2 Å². The number of aliphatic carboxylic acids is 1. The molecule has 1 saturated heterocycles. The highest BCUT2D eigenvalue weighted by Crippen LogP contribution is 2.44. The van der Waals surface area contributed by atoms with Gasteiger partial charge in [-0.15, -0.1) is 0 Å². The zero-order valence-electron chi connectivity index (χ0n) is 15.8. The topological polar surface area (TPSA) is 37.3 Å². The van der Waals surface area contributed by atoms with Crippen LogP contribution in [-0.2, 0) is 4.79 Å². The van der Waals surface area contributed by atoms with Crippen LogP contribution in [0.15, 0.2) is 30.3 Å². The highest BCUT2D eigenvalue weighted by molar-refractivity contribution is 6.92. The van der Waals surface area contributed by atoms with E-state index in [2.05, 4.69) is 37.3 Å². The zero-order valence-corrected chi connectivity index (χ0v) is 16.8. The molecule has 1 saturated carbocycles. The van der Waals surface area contributed by atoms with Gasteiger partial charge in [0, 0.05) is 0 Å². The molecule has 1 aromatic carbocycles. The van der Waals surface area contributed by atoms with Gasteiger partial charge in [-0.2, -0.15) is 0 Å². The molecule has 0 unspecified atom stereocenters. The molecular weight excluding hydrogens is 324 g/mol. The van der Waals surface area contributed by atoms with Crippen molar-refractivity contribution < 1.29 is 9.90 Å². The van der Waals surface area contributed by atoms with Gasteiger partial charge in [0.05, 0.1) is 14.0 Å². The minimum absolute atomic E-state index is 0.0674.